The fourth-order valence-corrected chi connectivity index (χ4v) is 2.81. The van der Waals surface area contributed by atoms with Crippen LogP contribution in [0.15, 0.2) is 24.3 Å². The van der Waals surface area contributed by atoms with Crippen molar-refractivity contribution in [2.75, 3.05) is 6.54 Å². The second-order valence-electron chi connectivity index (χ2n) is 5.88. The van der Waals surface area contributed by atoms with Crippen LogP contribution in [-0.4, -0.2) is 17.7 Å². The monoisotopic (exact) mass is 251 g/mol. The lowest BCUT2D eigenvalue weighted by atomic mass is 9.87. The van der Waals surface area contributed by atoms with Gasteiger partial charge in [-0.05, 0) is 24.3 Å². The van der Waals surface area contributed by atoms with Crippen molar-refractivity contribution in [3.8, 4) is 0 Å². The molecule has 2 unspecified atom stereocenters. The smallest absolute Gasteiger partial charge is 0.129 e. The highest BCUT2D eigenvalue weighted by Crippen LogP contribution is 2.37. The van der Waals surface area contributed by atoms with Gasteiger partial charge in [0.1, 0.15) is 5.82 Å². The molecule has 0 aliphatic heterocycles. The van der Waals surface area contributed by atoms with Crippen LogP contribution < -0.4 is 5.32 Å². The summed E-state index contributed by atoms with van der Waals surface area (Å²) in [5, 5.41) is 13.4. The Labute approximate surface area is 108 Å². The van der Waals surface area contributed by atoms with Gasteiger partial charge in [0.05, 0.1) is 6.10 Å². The molecule has 1 aliphatic carbocycles. The van der Waals surface area contributed by atoms with E-state index >= 15 is 0 Å². The highest BCUT2D eigenvalue weighted by atomic mass is 19.1. The van der Waals surface area contributed by atoms with Crippen LogP contribution in [0.3, 0.4) is 0 Å². The van der Waals surface area contributed by atoms with Gasteiger partial charge in [0.15, 0.2) is 0 Å². The number of hydrogen-bond donors (Lipinski definition) is 2. The molecule has 3 heteroatoms. The molecule has 2 atom stereocenters. The summed E-state index contributed by atoms with van der Waals surface area (Å²) in [7, 11) is 0. The first kappa shape index (κ1) is 13.5. The molecule has 1 aromatic rings. The zero-order valence-electron chi connectivity index (χ0n) is 11.1. The minimum absolute atomic E-state index is 0.273. The van der Waals surface area contributed by atoms with Crippen molar-refractivity contribution < 1.29 is 9.50 Å². The van der Waals surface area contributed by atoms with Crippen molar-refractivity contribution in [2.45, 2.75) is 45.3 Å². The van der Waals surface area contributed by atoms with E-state index in [0.29, 0.717) is 18.2 Å². The number of nitrogens with one attached hydrogen (secondary N) is 1. The summed E-state index contributed by atoms with van der Waals surface area (Å²) >= 11 is 0. The minimum Gasteiger partial charge on any atom is -0.387 e. The summed E-state index contributed by atoms with van der Waals surface area (Å²) in [6.07, 6.45) is 2.79. The highest BCUT2D eigenvalue weighted by molar-refractivity contribution is 5.20. The van der Waals surface area contributed by atoms with Gasteiger partial charge in [-0.1, -0.05) is 38.5 Å². The average Bonchev–Trinajstić information content (AvgIpc) is 2.66. The van der Waals surface area contributed by atoms with E-state index < -0.39 is 6.10 Å². The van der Waals surface area contributed by atoms with Crippen LogP contribution in [-0.2, 0) is 0 Å². The van der Waals surface area contributed by atoms with Crippen LogP contribution in [0.2, 0.25) is 0 Å². The molecule has 18 heavy (non-hydrogen) atoms. The standard InChI is InChI=1S/C15H22FNO/c1-15(2)9-5-8-14(15)17-10-13(18)11-6-3-4-7-12(11)16/h3-4,6-7,13-14,17-18H,5,8-10H2,1-2H3. The van der Waals surface area contributed by atoms with Crippen LogP contribution in [0.1, 0.15) is 44.8 Å². The third-order valence-electron chi connectivity index (χ3n) is 4.08. The van der Waals surface area contributed by atoms with Crippen molar-refractivity contribution in [1.29, 1.82) is 0 Å². The van der Waals surface area contributed by atoms with Gasteiger partial charge in [-0.2, -0.15) is 0 Å². The molecule has 100 valence electrons. The summed E-state index contributed by atoms with van der Waals surface area (Å²) in [6.45, 7) is 4.90. The highest BCUT2D eigenvalue weighted by Gasteiger charge is 2.34. The van der Waals surface area contributed by atoms with Crippen molar-refractivity contribution in [2.24, 2.45) is 5.41 Å². The lowest BCUT2D eigenvalue weighted by Gasteiger charge is -2.29. The molecule has 2 rings (SSSR count). The first-order chi connectivity index (χ1) is 8.50. The Balaban J connectivity index is 1.93. The summed E-state index contributed by atoms with van der Waals surface area (Å²) in [4.78, 5) is 0. The molecule has 1 aliphatic rings. The zero-order valence-corrected chi connectivity index (χ0v) is 11.1. The van der Waals surface area contributed by atoms with Crippen LogP contribution in [0, 0.1) is 11.2 Å². The van der Waals surface area contributed by atoms with E-state index in [0.717, 1.165) is 6.42 Å². The molecule has 1 fully saturated rings. The SMILES string of the molecule is CC1(C)CCCC1NCC(O)c1ccccc1F. The average molecular weight is 251 g/mol. The van der Waals surface area contributed by atoms with Gasteiger partial charge in [-0.15, -0.1) is 0 Å². The zero-order chi connectivity index (χ0) is 13.2. The molecular formula is C15H22FNO. The fourth-order valence-electron chi connectivity index (χ4n) is 2.81. The van der Waals surface area contributed by atoms with Gasteiger partial charge in [0.25, 0.3) is 0 Å². The van der Waals surface area contributed by atoms with Gasteiger partial charge in [-0.3, -0.25) is 0 Å². The minimum atomic E-state index is -0.775. The van der Waals surface area contributed by atoms with E-state index in [9.17, 15) is 9.50 Å². The quantitative estimate of drug-likeness (QED) is 0.862. The third kappa shape index (κ3) is 2.90. The van der Waals surface area contributed by atoms with Crippen molar-refractivity contribution in [3.05, 3.63) is 35.6 Å². The summed E-state index contributed by atoms with van der Waals surface area (Å²) < 4.78 is 13.5. The van der Waals surface area contributed by atoms with E-state index in [2.05, 4.69) is 19.2 Å². The molecule has 0 radical (unpaired) electrons. The number of hydrogen-bond acceptors (Lipinski definition) is 2. The normalized spacial score (nSPS) is 24.1. The van der Waals surface area contributed by atoms with Crippen molar-refractivity contribution in [3.63, 3.8) is 0 Å². The van der Waals surface area contributed by atoms with E-state index in [-0.39, 0.29) is 11.2 Å². The second-order valence-corrected chi connectivity index (χ2v) is 5.88. The Hall–Kier alpha value is -0.930. The van der Waals surface area contributed by atoms with E-state index in [1.807, 2.05) is 0 Å². The molecule has 0 aromatic heterocycles. The fraction of sp³-hybridized carbons (Fsp3) is 0.600. The van der Waals surface area contributed by atoms with Gasteiger partial charge < -0.3 is 10.4 Å². The molecule has 0 amide bonds. The molecule has 0 spiro atoms. The van der Waals surface area contributed by atoms with E-state index in [1.165, 1.54) is 18.9 Å². The molecular weight excluding hydrogens is 229 g/mol. The molecule has 0 bridgehead atoms. The van der Waals surface area contributed by atoms with E-state index in [4.69, 9.17) is 0 Å². The van der Waals surface area contributed by atoms with Crippen LogP contribution >= 0.6 is 0 Å². The number of aliphatic hydroxyl groups is 1. The number of halogens is 1. The maximum Gasteiger partial charge on any atom is 0.129 e. The summed E-state index contributed by atoms with van der Waals surface area (Å²) in [6, 6.07) is 6.83. The number of benzene rings is 1. The maximum atomic E-state index is 13.5. The first-order valence-electron chi connectivity index (χ1n) is 6.66. The van der Waals surface area contributed by atoms with Gasteiger partial charge in [-0.25, -0.2) is 4.39 Å². The number of aliphatic hydroxyl groups excluding tert-OH is 1. The number of rotatable bonds is 4. The van der Waals surface area contributed by atoms with Crippen LogP contribution in [0.4, 0.5) is 4.39 Å². The maximum absolute atomic E-state index is 13.5. The molecule has 2 N–H and O–H groups in total. The van der Waals surface area contributed by atoms with E-state index in [1.54, 1.807) is 18.2 Å². The Bertz CT molecular complexity index is 405. The predicted octanol–water partition coefficient (Wildman–Crippen LogP) is 3.03. The Morgan fingerprint density at radius 3 is 2.78 bits per heavy atom. The van der Waals surface area contributed by atoms with Crippen LogP contribution in [0.5, 0.6) is 0 Å². The van der Waals surface area contributed by atoms with Crippen molar-refractivity contribution in [1.82, 2.24) is 5.32 Å². The largest absolute Gasteiger partial charge is 0.387 e. The first-order valence-corrected chi connectivity index (χ1v) is 6.66. The summed E-state index contributed by atoms with van der Waals surface area (Å²) in [5.74, 6) is -0.336. The molecule has 2 nitrogen and oxygen atoms in total. The topological polar surface area (TPSA) is 32.3 Å². The van der Waals surface area contributed by atoms with Crippen LogP contribution in [0.25, 0.3) is 0 Å². The lowest BCUT2D eigenvalue weighted by Crippen LogP contribution is -2.39. The predicted molar refractivity (Wildman–Crippen MR) is 70.8 cm³/mol. The Morgan fingerprint density at radius 2 is 2.17 bits per heavy atom. The molecule has 0 saturated heterocycles. The Morgan fingerprint density at radius 1 is 1.44 bits per heavy atom. The van der Waals surface area contributed by atoms with Crippen molar-refractivity contribution >= 4 is 0 Å². The van der Waals surface area contributed by atoms with Gasteiger partial charge in [0.2, 0.25) is 0 Å². The third-order valence-corrected chi connectivity index (χ3v) is 4.08. The van der Waals surface area contributed by atoms with Gasteiger partial charge >= 0.3 is 0 Å². The molecule has 1 saturated carbocycles. The Kier molecular flexibility index (Phi) is 4.03. The molecule has 0 heterocycles. The molecule has 1 aromatic carbocycles. The summed E-state index contributed by atoms with van der Waals surface area (Å²) in [5.41, 5.74) is 0.649. The van der Waals surface area contributed by atoms with Gasteiger partial charge in [0, 0.05) is 18.2 Å². The lowest BCUT2D eigenvalue weighted by molar-refractivity contribution is 0.154. The second kappa shape index (κ2) is 5.37.